The molecule has 0 amide bonds. The Labute approximate surface area is 209 Å². The molecule has 0 aromatic heterocycles. The van der Waals surface area contributed by atoms with Crippen LogP contribution in [0.3, 0.4) is 0 Å². The summed E-state index contributed by atoms with van der Waals surface area (Å²) in [6.07, 6.45) is 22.0. The van der Waals surface area contributed by atoms with E-state index >= 15 is 0 Å². The van der Waals surface area contributed by atoms with Gasteiger partial charge in [0.2, 0.25) is 0 Å². The lowest BCUT2D eigenvalue weighted by atomic mass is 9.94. The van der Waals surface area contributed by atoms with Crippen molar-refractivity contribution >= 4 is 16.1 Å². The van der Waals surface area contributed by atoms with E-state index in [2.05, 4.69) is 17.1 Å². The fourth-order valence-corrected chi connectivity index (χ4v) is 4.96. The number of carboxylic acid groups (broad SMARTS) is 1. The predicted octanol–water partition coefficient (Wildman–Crippen LogP) is 5.39. The maximum atomic E-state index is 11.1. The Balaban J connectivity index is 0. The molecule has 0 fully saturated rings. The molecular formula is C25H55N3O5S. The first kappa shape index (κ1) is 35.4. The summed E-state index contributed by atoms with van der Waals surface area (Å²) in [6.45, 7) is 4.58. The highest BCUT2D eigenvalue weighted by atomic mass is 32.2. The Morgan fingerprint density at radius 3 is 1.53 bits per heavy atom. The van der Waals surface area contributed by atoms with E-state index in [-0.39, 0.29) is 5.75 Å². The topological polar surface area (TPSA) is 159 Å². The molecule has 0 saturated heterocycles. The molecule has 8 nitrogen and oxygen atoms in total. The summed E-state index contributed by atoms with van der Waals surface area (Å²) < 4.78 is 26.0. The third-order valence-corrected chi connectivity index (χ3v) is 7.41. The first-order valence-corrected chi connectivity index (χ1v) is 15.1. The van der Waals surface area contributed by atoms with Gasteiger partial charge >= 0.3 is 5.97 Å². The van der Waals surface area contributed by atoms with Crippen molar-refractivity contribution in [1.82, 2.24) is 0 Å². The summed E-state index contributed by atoms with van der Waals surface area (Å²) in [6, 6.07) is 0. The van der Waals surface area contributed by atoms with Crippen molar-refractivity contribution < 1.29 is 22.6 Å². The van der Waals surface area contributed by atoms with Crippen LogP contribution in [0.15, 0.2) is 0 Å². The van der Waals surface area contributed by atoms with Crippen molar-refractivity contribution in [2.75, 3.05) is 12.3 Å². The van der Waals surface area contributed by atoms with Gasteiger partial charge in [-0.3, -0.25) is 4.79 Å². The van der Waals surface area contributed by atoms with Gasteiger partial charge in [-0.25, -0.2) is 0 Å². The average Bonchev–Trinajstić information content (AvgIpc) is 2.80. The molecule has 0 radical (unpaired) electrons. The maximum Gasteiger partial charge on any atom is 0.303 e. The van der Waals surface area contributed by atoms with Crippen LogP contribution < -0.4 is 17.4 Å². The van der Waals surface area contributed by atoms with E-state index in [0.29, 0.717) is 32.2 Å². The van der Waals surface area contributed by atoms with Crippen molar-refractivity contribution in [2.24, 2.45) is 17.4 Å². The Kier molecular flexibility index (Phi) is 25.0. The van der Waals surface area contributed by atoms with Crippen LogP contribution >= 0.6 is 0 Å². The molecule has 0 aromatic carbocycles. The number of aliphatic carboxylic acids is 1. The molecule has 206 valence electrons. The lowest BCUT2D eigenvalue weighted by Crippen LogP contribution is -2.46. The molecule has 0 bridgehead atoms. The highest BCUT2D eigenvalue weighted by Crippen LogP contribution is 2.17. The predicted molar refractivity (Wildman–Crippen MR) is 142 cm³/mol. The first-order valence-electron chi connectivity index (χ1n) is 13.5. The largest absolute Gasteiger partial charge is 0.481 e. The molecule has 9 heteroatoms. The Morgan fingerprint density at radius 1 is 0.794 bits per heavy atom. The molecule has 0 aliphatic heterocycles. The number of unbranched alkanes of at least 4 members (excludes halogenated alkanes) is 14. The Hall–Kier alpha value is -0.740. The fraction of sp³-hybridized carbons (Fsp3) is 0.960. The lowest BCUT2D eigenvalue weighted by Gasteiger charge is -2.26. The number of hydrogen-bond acceptors (Lipinski definition) is 7. The van der Waals surface area contributed by atoms with E-state index in [9.17, 15) is 13.2 Å². The second kappa shape index (κ2) is 24.0. The summed E-state index contributed by atoms with van der Waals surface area (Å²) in [4.78, 5) is 10.3. The zero-order valence-corrected chi connectivity index (χ0v) is 22.9. The minimum Gasteiger partial charge on any atom is -0.481 e. The number of nitrogens with two attached hydrogens (primary N) is 3. The zero-order valence-electron chi connectivity index (χ0n) is 22.1. The molecule has 0 aliphatic carbocycles. The van der Waals surface area contributed by atoms with Crippen LogP contribution in [0.4, 0.5) is 0 Å². The van der Waals surface area contributed by atoms with Gasteiger partial charge in [-0.05, 0) is 32.2 Å². The standard InChI is InChI=1S/C18H36O2.C7H19N3O3S/c1-2-3-4-5-6-7-8-9-10-11-12-13-14-15-16-17-18(19)20;1-2-7(9,4-3-5-8)6-14(11,12)13-10/h2-17H2,1H3,(H,19,20);2-6,8-10H2,1H3. The van der Waals surface area contributed by atoms with Crippen LogP contribution in [-0.4, -0.2) is 37.3 Å². The summed E-state index contributed by atoms with van der Waals surface area (Å²) in [5, 5.41) is 8.52. The van der Waals surface area contributed by atoms with Gasteiger partial charge in [0.05, 0.1) is 5.75 Å². The molecule has 0 aromatic rings. The van der Waals surface area contributed by atoms with Crippen LogP contribution in [0.25, 0.3) is 0 Å². The van der Waals surface area contributed by atoms with Crippen molar-refractivity contribution in [3.05, 3.63) is 0 Å². The molecule has 0 heterocycles. The summed E-state index contributed by atoms with van der Waals surface area (Å²) in [7, 11) is -3.71. The van der Waals surface area contributed by atoms with Crippen molar-refractivity contribution in [3.63, 3.8) is 0 Å². The van der Waals surface area contributed by atoms with Gasteiger partial charge in [-0.15, -0.1) is 0 Å². The molecule has 0 spiro atoms. The van der Waals surface area contributed by atoms with Gasteiger partial charge in [0.15, 0.2) is 0 Å². The molecule has 1 atom stereocenters. The van der Waals surface area contributed by atoms with Crippen LogP contribution in [-0.2, 0) is 19.2 Å². The van der Waals surface area contributed by atoms with Crippen LogP contribution in [0.1, 0.15) is 136 Å². The summed E-state index contributed by atoms with van der Waals surface area (Å²) in [5.41, 5.74) is 10.4. The number of hydrogen-bond donors (Lipinski definition) is 4. The fourth-order valence-electron chi connectivity index (χ4n) is 3.84. The Bertz CT molecular complexity index is 561. The van der Waals surface area contributed by atoms with Crippen LogP contribution in [0, 0.1) is 0 Å². The first-order chi connectivity index (χ1) is 16.2. The van der Waals surface area contributed by atoms with E-state index in [1.807, 2.05) is 6.92 Å². The molecule has 0 aliphatic rings. The van der Waals surface area contributed by atoms with E-state index < -0.39 is 21.6 Å². The zero-order chi connectivity index (χ0) is 26.1. The quantitative estimate of drug-likeness (QED) is 0.105. The molecule has 34 heavy (non-hydrogen) atoms. The average molecular weight is 510 g/mol. The summed E-state index contributed by atoms with van der Waals surface area (Å²) in [5.74, 6) is 3.70. The second-order valence-electron chi connectivity index (χ2n) is 9.50. The highest BCUT2D eigenvalue weighted by molar-refractivity contribution is 7.86. The van der Waals surface area contributed by atoms with E-state index in [1.54, 1.807) is 0 Å². The van der Waals surface area contributed by atoms with Gasteiger partial charge in [-0.2, -0.15) is 18.6 Å². The van der Waals surface area contributed by atoms with Gasteiger partial charge in [0.1, 0.15) is 0 Å². The van der Waals surface area contributed by atoms with Crippen LogP contribution in [0.2, 0.25) is 0 Å². The minimum atomic E-state index is -3.71. The van der Waals surface area contributed by atoms with E-state index in [1.165, 1.54) is 83.5 Å². The van der Waals surface area contributed by atoms with Gasteiger partial charge in [-0.1, -0.05) is 104 Å². The molecule has 0 saturated carbocycles. The SMILES string of the molecule is CCC(N)(CCCN)CS(=O)(=O)ON.CCCCCCCCCCCCCCCCCC(=O)O. The third kappa shape index (κ3) is 25.9. The van der Waals surface area contributed by atoms with E-state index in [0.717, 1.165) is 12.8 Å². The van der Waals surface area contributed by atoms with E-state index in [4.69, 9.17) is 16.6 Å². The van der Waals surface area contributed by atoms with Crippen molar-refractivity contribution in [2.45, 2.75) is 141 Å². The second-order valence-corrected chi connectivity index (χ2v) is 11.1. The van der Waals surface area contributed by atoms with Gasteiger partial charge in [0.25, 0.3) is 10.1 Å². The van der Waals surface area contributed by atoms with Gasteiger partial charge in [0, 0.05) is 12.0 Å². The molecule has 0 rings (SSSR count). The van der Waals surface area contributed by atoms with Crippen molar-refractivity contribution in [1.29, 1.82) is 0 Å². The minimum absolute atomic E-state index is 0.271. The monoisotopic (exact) mass is 509 g/mol. The smallest absolute Gasteiger partial charge is 0.303 e. The Morgan fingerprint density at radius 2 is 1.21 bits per heavy atom. The lowest BCUT2D eigenvalue weighted by molar-refractivity contribution is -0.137. The summed E-state index contributed by atoms with van der Waals surface area (Å²) >= 11 is 0. The number of rotatable bonds is 23. The van der Waals surface area contributed by atoms with Crippen molar-refractivity contribution in [3.8, 4) is 0 Å². The molecular weight excluding hydrogens is 454 g/mol. The van der Waals surface area contributed by atoms with Gasteiger partial charge < -0.3 is 16.6 Å². The number of carbonyl (C=O) groups is 1. The molecule has 7 N–H and O–H groups in total. The normalized spacial score (nSPS) is 13.2. The molecule has 1 unspecified atom stereocenters. The third-order valence-electron chi connectivity index (χ3n) is 6.19. The maximum absolute atomic E-state index is 11.1. The highest BCUT2D eigenvalue weighted by Gasteiger charge is 2.29. The number of carboxylic acids is 1. The van der Waals surface area contributed by atoms with Crippen LogP contribution in [0.5, 0.6) is 0 Å².